The van der Waals surface area contributed by atoms with Gasteiger partial charge in [0.1, 0.15) is 11.5 Å². The third kappa shape index (κ3) is 4.30. The second-order valence-corrected chi connectivity index (χ2v) is 7.74. The van der Waals surface area contributed by atoms with E-state index in [4.69, 9.17) is 9.47 Å². The first-order valence-corrected chi connectivity index (χ1v) is 10.1. The number of methoxy groups -OCH3 is 1. The summed E-state index contributed by atoms with van der Waals surface area (Å²) in [6, 6.07) is 15.9. The molecule has 0 aromatic heterocycles. The van der Waals surface area contributed by atoms with Gasteiger partial charge < -0.3 is 14.8 Å². The first-order chi connectivity index (χ1) is 13.7. The van der Waals surface area contributed by atoms with Gasteiger partial charge in [-0.15, -0.1) is 0 Å². The van der Waals surface area contributed by atoms with E-state index in [-0.39, 0.29) is 5.91 Å². The number of nitrogens with one attached hydrogen (secondary N) is 1. The number of hydrogen-bond acceptors (Lipinski definition) is 4. The van der Waals surface area contributed by atoms with Crippen molar-refractivity contribution < 1.29 is 14.3 Å². The fourth-order valence-electron chi connectivity index (χ4n) is 4.43. The van der Waals surface area contributed by atoms with E-state index in [2.05, 4.69) is 22.3 Å². The molecule has 0 aliphatic carbocycles. The molecule has 2 aliphatic rings. The van der Waals surface area contributed by atoms with Crippen LogP contribution < -0.4 is 14.8 Å². The molecule has 1 N–H and O–H groups in total. The standard InChI is InChI=1S/C23H28N2O3/c1-27-21-8-4-2-6-19(21)16-25-12-10-17-14-23(26)24-20-7-3-5-9-22(20)28-13-11-18(17)15-25/h2-9,17-18H,10-16H2,1H3,(H,24,26)/t17-,18-/m0/s1. The lowest BCUT2D eigenvalue weighted by molar-refractivity contribution is -0.118. The third-order valence-electron chi connectivity index (χ3n) is 5.92. The molecule has 0 spiro atoms. The van der Waals surface area contributed by atoms with E-state index < -0.39 is 0 Å². The van der Waals surface area contributed by atoms with Gasteiger partial charge in [0, 0.05) is 25.1 Å². The van der Waals surface area contributed by atoms with Gasteiger partial charge in [0.05, 0.1) is 19.4 Å². The van der Waals surface area contributed by atoms with E-state index in [0.717, 1.165) is 49.7 Å². The summed E-state index contributed by atoms with van der Waals surface area (Å²) in [5.41, 5.74) is 1.99. The summed E-state index contributed by atoms with van der Waals surface area (Å²) in [6.45, 7) is 3.55. The minimum absolute atomic E-state index is 0.0890. The molecule has 2 heterocycles. The number of amides is 1. The Kier molecular flexibility index (Phi) is 5.81. The number of hydrogen-bond donors (Lipinski definition) is 1. The first-order valence-electron chi connectivity index (χ1n) is 10.1. The molecule has 0 unspecified atom stereocenters. The highest BCUT2D eigenvalue weighted by molar-refractivity contribution is 5.92. The Labute approximate surface area is 166 Å². The van der Waals surface area contributed by atoms with Gasteiger partial charge in [-0.05, 0) is 49.4 Å². The van der Waals surface area contributed by atoms with Gasteiger partial charge in [-0.3, -0.25) is 9.69 Å². The summed E-state index contributed by atoms with van der Waals surface area (Å²) in [6.07, 6.45) is 2.59. The Morgan fingerprint density at radius 2 is 1.93 bits per heavy atom. The molecule has 2 aromatic rings. The summed E-state index contributed by atoms with van der Waals surface area (Å²) in [7, 11) is 1.72. The number of fused-ring (bicyclic) bond motifs is 2. The lowest BCUT2D eigenvalue weighted by Crippen LogP contribution is -2.42. The van der Waals surface area contributed by atoms with Crippen LogP contribution in [0, 0.1) is 11.8 Å². The summed E-state index contributed by atoms with van der Waals surface area (Å²) < 4.78 is 11.5. The minimum Gasteiger partial charge on any atom is -0.496 e. The lowest BCUT2D eigenvalue weighted by atomic mass is 9.81. The summed E-state index contributed by atoms with van der Waals surface area (Å²) in [5, 5.41) is 3.04. The maximum atomic E-state index is 12.6. The van der Waals surface area contributed by atoms with Crippen molar-refractivity contribution >= 4 is 11.6 Å². The third-order valence-corrected chi connectivity index (χ3v) is 5.92. The molecule has 0 bridgehead atoms. The van der Waals surface area contributed by atoms with Crippen LogP contribution in [0.2, 0.25) is 0 Å². The average Bonchev–Trinajstić information content (AvgIpc) is 2.71. The van der Waals surface area contributed by atoms with E-state index in [1.807, 2.05) is 36.4 Å². The molecule has 1 fully saturated rings. The van der Waals surface area contributed by atoms with E-state index in [0.29, 0.717) is 24.9 Å². The maximum Gasteiger partial charge on any atom is 0.224 e. The predicted octanol–water partition coefficient (Wildman–Crippen LogP) is 3.94. The van der Waals surface area contributed by atoms with Gasteiger partial charge in [0.25, 0.3) is 0 Å². The molecule has 4 rings (SSSR count). The largest absolute Gasteiger partial charge is 0.496 e. The minimum atomic E-state index is 0.0890. The number of ether oxygens (including phenoxy) is 2. The Bertz CT molecular complexity index is 823. The van der Waals surface area contributed by atoms with E-state index >= 15 is 0 Å². The molecule has 5 nitrogen and oxygen atoms in total. The zero-order valence-corrected chi connectivity index (χ0v) is 16.4. The quantitative estimate of drug-likeness (QED) is 0.876. The molecule has 2 aliphatic heterocycles. The molecule has 5 heteroatoms. The van der Waals surface area contributed by atoms with Crippen LogP contribution in [0.4, 0.5) is 5.69 Å². The Hall–Kier alpha value is -2.53. The molecule has 2 aromatic carbocycles. The van der Waals surface area contributed by atoms with Crippen LogP contribution in [0.3, 0.4) is 0 Å². The second kappa shape index (κ2) is 8.65. The van der Waals surface area contributed by atoms with Gasteiger partial charge in [-0.1, -0.05) is 30.3 Å². The highest BCUT2D eigenvalue weighted by Gasteiger charge is 2.31. The number of rotatable bonds is 3. The maximum absolute atomic E-state index is 12.6. The Balaban J connectivity index is 1.45. The number of likely N-dealkylation sites (tertiary alicyclic amines) is 1. The molecular weight excluding hydrogens is 352 g/mol. The van der Waals surface area contributed by atoms with Crippen molar-refractivity contribution in [2.24, 2.45) is 11.8 Å². The number of carbonyl (C=O) groups excluding carboxylic acids is 1. The molecule has 0 radical (unpaired) electrons. The molecule has 28 heavy (non-hydrogen) atoms. The van der Waals surface area contributed by atoms with Crippen molar-refractivity contribution in [2.75, 3.05) is 32.1 Å². The predicted molar refractivity (Wildman–Crippen MR) is 110 cm³/mol. The Morgan fingerprint density at radius 1 is 1.11 bits per heavy atom. The van der Waals surface area contributed by atoms with Crippen molar-refractivity contribution in [1.29, 1.82) is 0 Å². The summed E-state index contributed by atoms with van der Waals surface area (Å²) in [5.74, 6) is 2.65. The van der Waals surface area contributed by atoms with Crippen LogP contribution in [-0.4, -0.2) is 37.6 Å². The van der Waals surface area contributed by atoms with Gasteiger partial charge >= 0.3 is 0 Å². The van der Waals surface area contributed by atoms with Crippen molar-refractivity contribution in [2.45, 2.75) is 25.8 Å². The smallest absolute Gasteiger partial charge is 0.224 e. The van der Waals surface area contributed by atoms with Crippen LogP contribution in [0.25, 0.3) is 0 Å². The zero-order chi connectivity index (χ0) is 19.3. The molecule has 2 atom stereocenters. The fourth-order valence-corrected chi connectivity index (χ4v) is 4.43. The molecule has 0 saturated carbocycles. The van der Waals surface area contributed by atoms with Crippen molar-refractivity contribution in [3.05, 3.63) is 54.1 Å². The number of piperidine rings is 1. The van der Waals surface area contributed by atoms with E-state index in [1.165, 1.54) is 5.56 Å². The first kappa shape index (κ1) is 18.8. The number of anilines is 1. The van der Waals surface area contributed by atoms with Crippen LogP contribution >= 0.6 is 0 Å². The zero-order valence-electron chi connectivity index (χ0n) is 16.4. The topological polar surface area (TPSA) is 50.8 Å². The molecular formula is C23H28N2O3. The van der Waals surface area contributed by atoms with E-state index in [9.17, 15) is 4.79 Å². The SMILES string of the molecule is COc1ccccc1CN1CC[C@H]2CC(=O)Nc3ccccc3OCC[C@H]2C1. The summed E-state index contributed by atoms with van der Waals surface area (Å²) >= 11 is 0. The second-order valence-electron chi connectivity index (χ2n) is 7.74. The fraction of sp³-hybridized carbons (Fsp3) is 0.435. The van der Waals surface area contributed by atoms with Gasteiger partial charge in [-0.25, -0.2) is 0 Å². The average molecular weight is 380 g/mol. The molecule has 148 valence electrons. The number of carbonyl (C=O) groups is 1. The van der Waals surface area contributed by atoms with Crippen LogP contribution in [0.15, 0.2) is 48.5 Å². The monoisotopic (exact) mass is 380 g/mol. The van der Waals surface area contributed by atoms with Crippen molar-refractivity contribution in [3.8, 4) is 11.5 Å². The van der Waals surface area contributed by atoms with Crippen LogP contribution in [-0.2, 0) is 11.3 Å². The van der Waals surface area contributed by atoms with Crippen molar-refractivity contribution in [1.82, 2.24) is 4.90 Å². The van der Waals surface area contributed by atoms with Gasteiger partial charge in [-0.2, -0.15) is 0 Å². The van der Waals surface area contributed by atoms with Gasteiger partial charge in [0.15, 0.2) is 0 Å². The Morgan fingerprint density at radius 3 is 2.82 bits per heavy atom. The number of nitrogens with zero attached hydrogens (tertiary/aromatic N) is 1. The van der Waals surface area contributed by atoms with E-state index in [1.54, 1.807) is 7.11 Å². The highest BCUT2D eigenvalue weighted by Crippen LogP contribution is 2.33. The lowest BCUT2D eigenvalue weighted by Gasteiger charge is -2.39. The number of benzene rings is 2. The van der Waals surface area contributed by atoms with Crippen LogP contribution in [0.5, 0.6) is 11.5 Å². The molecule has 1 amide bonds. The van der Waals surface area contributed by atoms with Gasteiger partial charge in [0.2, 0.25) is 5.91 Å². The van der Waals surface area contributed by atoms with Crippen LogP contribution in [0.1, 0.15) is 24.8 Å². The summed E-state index contributed by atoms with van der Waals surface area (Å²) in [4.78, 5) is 15.1. The normalized spacial score (nSPS) is 23.0. The highest BCUT2D eigenvalue weighted by atomic mass is 16.5. The number of para-hydroxylation sites is 3. The van der Waals surface area contributed by atoms with Crippen molar-refractivity contribution in [3.63, 3.8) is 0 Å². The molecule has 1 saturated heterocycles.